The van der Waals surface area contributed by atoms with E-state index in [0.717, 1.165) is 6.42 Å². The van der Waals surface area contributed by atoms with Gasteiger partial charge in [0.05, 0.1) is 7.11 Å². The van der Waals surface area contributed by atoms with Crippen molar-refractivity contribution in [3.8, 4) is 0 Å². The van der Waals surface area contributed by atoms with Gasteiger partial charge in [0.25, 0.3) is 0 Å². The predicted octanol–water partition coefficient (Wildman–Crippen LogP) is 1.13. The second-order valence-corrected chi connectivity index (χ2v) is 5.16. The molecule has 7 nitrogen and oxygen atoms in total. The Hall–Kier alpha value is -1.79. The fourth-order valence-corrected chi connectivity index (χ4v) is 2.35. The first-order valence-corrected chi connectivity index (χ1v) is 7.79. The summed E-state index contributed by atoms with van der Waals surface area (Å²) in [6.07, 6.45) is 0.786. The Kier molecular flexibility index (Phi) is 9.21. The number of alkyl carbamates (subject to hydrolysis) is 1. The molecule has 0 aromatic rings. The van der Waals surface area contributed by atoms with E-state index in [4.69, 9.17) is 0 Å². The van der Waals surface area contributed by atoms with Crippen molar-refractivity contribution in [1.82, 2.24) is 15.5 Å². The van der Waals surface area contributed by atoms with Gasteiger partial charge in [-0.25, -0.2) is 4.79 Å². The molecular weight excluding hydrogens is 286 g/mol. The second kappa shape index (κ2) is 10.0. The molecule has 2 N–H and O–H groups in total. The molecule has 128 valence electrons. The summed E-state index contributed by atoms with van der Waals surface area (Å²) < 4.78 is 4.54. The highest BCUT2D eigenvalue weighted by atomic mass is 16.5. The van der Waals surface area contributed by atoms with E-state index in [9.17, 15) is 14.4 Å². The van der Waals surface area contributed by atoms with Crippen molar-refractivity contribution in [2.45, 2.75) is 52.6 Å². The van der Waals surface area contributed by atoms with Gasteiger partial charge < -0.3 is 20.3 Å². The lowest BCUT2D eigenvalue weighted by Crippen LogP contribution is -2.54. The Bertz CT molecular complexity index is 381. The summed E-state index contributed by atoms with van der Waals surface area (Å²) in [5.41, 5.74) is 0. The smallest absolute Gasteiger partial charge is 0.407 e. The molecule has 1 saturated heterocycles. The Morgan fingerprint density at radius 1 is 1.23 bits per heavy atom. The van der Waals surface area contributed by atoms with Gasteiger partial charge >= 0.3 is 6.09 Å². The van der Waals surface area contributed by atoms with Crippen LogP contribution >= 0.6 is 0 Å². The third-order valence-electron chi connectivity index (χ3n) is 3.48. The third kappa shape index (κ3) is 5.20. The van der Waals surface area contributed by atoms with Gasteiger partial charge in [0.1, 0.15) is 12.1 Å². The Morgan fingerprint density at radius 2 is 1.82 bits per heavy atom. The standard InChI is InChI=1S/C13H23N3O4.C2H6/c1-8(2)10(15-13(19)20-4)12(18)16-7-5-6-9(16)11(17)14-3;1-2/h8-10H,5-7H2,1-4H3,(H,14,17)(H,15,19);1-2H3. The highest BCUT2D eigenvalue weighted by Gasteiger charge is 2.38. The van der Waals surface area contributed by atoms with Crippen molar-refractivity contribution in [3.05, 3.63) is 0 Å². The number of carbonyl (C=O) groups excluding carboxylic acids is 3. The number of amides is 3. The SMILES string of the molecule is CC.CNC(=O)C1CCCN1C(=O)C(NC(=O)OC)C(C)C. The van der Waals surface area contributed by atoms with Crippen molar-refractivity contribution in [2.75, 3.05) is 20.7 Å². The molecule has 0 aliphatic carbocycles. The number of rotatable bonds is 4. The van der Waals surface area contributed by atoms with E-state index >= 15 is 0 Å². The van der Waals surface area contributed by atoms with Crippen LogP contribution in [0.5, 0.6) is 0 Å². The maximum atomic E-state index is 12.5. The zero-order chi connectivity index (χ0) is 17.3. The van der Waals surface area contributed by atoms with Gasteiger partial charge in [-0.2, -0.15) is 0 Å². The fraction of sp³-hybridized carbons (Fsp3) is 0.800. The maximum Gasteiger partial charge on any atom is 0.407 e. The number of ether oxygens (including phenoxy) is 1. The average molecular weight is 315 g/mol. The lowest BCUT2D eigenvalue weighted by Gasteiger charge is -2.29. The van der Waals surface area contributed by atoms with Gasteiger partial charge in [0, 0.05) is 13.6 Å². The molecule has 7 heteroatoms. The fourth-order valence-electron chi connectivity index (χ4n) is 2.35. The van der Waals surface area contributed by atoms with Gasteiger partial charge in [-0.15, -0.1) is 0 Å². The number of hydrogen-bond acceptors (Lipinski definition) is 4. The van der Waals surface area contributed by atoms with Crippen LogP contribution in [0, 0.1) is 5.92 Å². The van der Waals surface area contributed by atoms with Crippen LogP contribution in [0.3, 0.4) is 0 Å². The predicted molar refractivity (Wildman–Crippen MR) is 84.3 cm³/mol. The maximum absolute atomic E-state index is 12.5. The molecule has 1 rings (SSSR count). The highest BCUT2D eigenvalue weighted by Crippen LogP contribution is 2.20. The quantitative estimate of drug-likeness (QED) is 0.814. The number of nitrogens with one attached hydrogen (secondary N) is 2. The van der Waals surface area contributed by atoms with Crippen molar-refractivity contribution in [2.24, 2.45) is 5.92 Å². The number of hydrogen-bond donors (Lipinski definition) is 2. The van der Waals surface area contributed by atoms with Crippen LogP contribution in [0.15, 0.2) is 0 Å². The Morgan fingerprint density at radius 3 is 2.27 bits per heavy atom. The zero-order valence-corrected chi connectivity index (χ0v) is 14.4. The molecule has 0 saturated carbocycles. The molecule has 0 radical (unpaired) electrons. The number of likely N-dealkylation sites (tertiary alicyclic amines) is 1. The van der Waals surface area contributed by atoms with Crippen molar-refractivity contribution < 1.29 is 19.1 Å². The first kappa shape index (κ1) is 20.2. The summed E-state index contributed by atoms with van der Waals surface area (Å²) in [6, 6.07) is -1.14. The summed E-state index contributed by atoms with van der Waals surface area (Å²) >= 11 is 0. The molecule has 2 unspecified atom stereocenters. The van der Waals surface area contributed by atoms with E-state index in [1.165, 1.54) is 7.11 Å². The van der Waals surface area contributed by atoms with Gasteiger partial charge in [-0.3, -0.25) is 9.59 Å². The van der Waals surface area contributed by atoms with Gasteiger partial charge in [-0.05, 0) is 18.8 Å². The summed E-state index contributed by atoms with van der Waals surface area (Å²) in [6.45, 7) is 8.20. The molecule has 22 heavy (non-hydrogen) atoms. The molecule has 0 aromatic heterocycles. The van der Waals surface area contributed by atoms with Gasteiger partial charge in [0.15, 0.2) is 0 Å². The topological polar surface area (TPSA) is 87.7 Å². The minimum atomic E-state index is -0.687. The van der Waals surface area contributed by atoms with Crippen LogP contribution in [0.25, 0.3) is 0 Å². The van der Waals surface area contributed by atoms with Crippen LogP contribution < -0.4 is 10.6 Å². The molecule has 0 aromatic carbocycles. The van der Waals surface area contributed by atoms with Crippen LogP contribution in [0.1, 0.15) is 40.5 Å². The van der Waals surface area contributed by atoms with Crippen molar-refractivity contribution in [1.29, 1.82) is 0 Å². The van der Waals surface area contributed by atoms with Crippen LogP contribution in [0.4, 0.5) is 4.79 Å². The molecule has 0 spiro atoms. The van der Waals surface area contributed by atoms with E-state index in [0.29, 0.717) is 13.0 Å². The van der Waals surface area contributed by atoms with E-state index in [1.54, 1.807) is 11.9 Å². The summed E-state index contributed by atoms with van der Waals surface area (Å²) in [7, 11) is 2.80. The first-order valence-electron chi connectivity index (χ1n) is 7.79. The van der Waals surface area contributed by atoms with Crippen molar-refractivity contribution >= 4 is 17.9 Å². The Balaban J connectivity index is 0.00000211. The van der Waals surface area contributed by atoms with Crippen LogP contribution in [-0.2, 0) is 14.3 Å². The Labute approximate surface area is 132 Å². The normalized spacial score (nSPS) is 18.1. The number of methoxy groups -OCH3 is 1. The third-order valence-corrected chi connectivity index (χ3v) is 3.48. The molecule has 1 aliphatic heterocycles. The monoisotopic (exact) mass is 315 g/mol. The molecule has 0 bridgehead atoms. The highest BCUT2D eigenvalue weighted by molar-refractivity contribution is 5.91. The lowest BCUT2D eigenvalue weighted by atomic mass is 10.0. The molecule has 1 heterocycles. The zero-order valence-electron chi connectivity index (χ0n) is 14.4. The summed E-state index contributed by atoms with van der Waals surface area (Å²) in [5.74, 6) is -0.500. The van der Waals surface area contributed by atoms with Gasteiger partial charge in [0.2, 0.25) is 11.8 Å². The summed E-state index contributed by atoms with van der Waals surface area (Å²) in [4.78, 5) is 37.2. The molecule has 1 fully saturated rings. The van der Waals surface area contributed by atoms with E-state index in [1.807, 2.05) is 27.7 Å². The lowest BCUT2D eigenvalue weighted by molar-refractivity contribution is -0.140. The average Bonchev–Trinajstić information content (AvgIpc) is 3.02. The molecule has 1 aliphatic rings. The molecule has 3 amide bonds. The minimum absolute atomic E-state index is 0.0902. The van der Waals surface area contributed by atoms with Crippen LogP contribution in [-0.4, -0.2) is 55.6 Å². The van der Waals surface area contributed by atoms with Gasteiger partial charge in [-0.1, -0.05) is 27.7 Å². The number of likely N-dealkylation sites (N-methyl/N-ethyl adjacent to an activating group) is 1. The summed E-state index contributed by atoms with van der Waals surface area (Å²) in [5, 5.41) is 5.10. The minimum Gasteiger partial charge on any atom is -0.453 e. The van der Waals surface area contributed by atoms with E-state index in [-0.39, 0.29) is 17.7 Å². The molecule has 2 atom stereocenters. The molecular formula is C15H29N3O4. The van der Waals surface area contributed by atoms with E-state index in [2.05, 4.69) is 15.4 Å². The van der Waals surface area contributed by atoms with E-state index < -0.39 is 18.2 Å². The second-order valence-electron chi connectivity index (χ2n) is 5.16. The number of nitrogens with zero attached hydrogens (tertiary/aromatic N) is 1. The van der Waals surface area contributed by atoms with Crippen LogP contribution in [0.2, 0.25) is 0 Å². The first-order chi connectivity index (χ1) is 10.4. The largest absolute Gasteiger partial charge is 0.453 e. The van der Waals surface area contributed by atoms with Crippen molar-refractivity contribution in [3.63, 3.8) is 0 Å². The number of carbonyl (C=O) groups is 3.